The highest BCUT2D eigenvalue weighted by Crippen LogP contribution is 2.30. The lowest BCUT2D eigenvalue weighted by Crippen LogP contribution is -1.96. The molecule has 1 N–H and O–H groups in total. The average Bonchev–Trinajstić information content (AvgIpc) is 2.61. The van der Waals surface area contributed by atoms with Gasteiger partial charge in [-0.25, -0.2) is 9.37 Å². The first-order valence-corrected chi connectivity index (χ1v) is 8.33. The number of nitrogens with zero attached hydrogens (tertiary/aromatic N) is 3. The second-order valence-electron chi connectivity index (χ2n) is 6.24. The largest absolute Gasteiger partial charge is 0.340 e. The number of aromatic nitrogens is 3. The molecule has 0 bridgehead atoms. The van der Waals surface area contributed by atoms with Crippen LogP contribution in [0.1, 0.15) is 11.3 Å². The number of hydrogen-bond acceptors (Lipinski definition) is 4. The van der Waals surface area contributed by atoms with Gasteiger partial charge in [-0.3, -0.25) is 0 Å². The lowest BCUT2D eigenvalue weighted by atomic mass is 10.0. The summed E-state index contributed by atoms with van der Waals surface area (Å²) in [7, 11) is 0. The third kappa shape index (κ3) is 3.11. The van der Waals surface area contributed by atoms with Gasteiger partial charge in [-0.15, -0.1) is 5.10 Å². The second-order valence-corrected chi connectivity index (χ2v) is 6.24. The summed E-state index contributed by atoms with van der Waals surface area (Å²) in [6.45, 7) is 3.83. The molecule has 0 radical (unpaired) electrons. The van der Waals surface area contributed by atoms with Crippen LogP contribution >= 0.6 is 0 Å². The molecular weight excluding hydrogens is 327 g/mol. The Morgan fingerprint density at radius 2 is 1.85 bits per heavy atom. The van der Waals surface area contributed by atoms with Crippen molar-refractivity contribution in [2.75, 3.05) is 5.32 Å². The fourth-order valence-electron chi connectivity index (χ4n) is 3.02. The van der Waals surface area contributed by atoms with Gasteiger partial charge in [0.1, 0.15) is 17.3 Å². The number of nitrogens with one attached hydrogen (secondary N) is 1. The Bertz CT molecular complexity index is 1110. The summed E-state index contributed by atoms with van der Waals surface area (Å²) in [5, 5.41) is 13.6. The van der Waals surface area contributed by atoms with Crippen LogP contribution in [-0.2, 0) is 0 Å². The Labute approximate surface area is 150 Å². The molecule has 2 heterocycles. The Hall–Kier alpha value is -3.34. The molecule has 5 heteroatoms. The van der Waals surface area contributed by atoms with Crippen LogP contribution in [0.2, 0.25) is 0 Å². The van der Waals surface area contributed by atoms with Crippen molar-refractivity contribution >= 4 is 22.3 Å². The minimum Gasteiger partial charge on any atom is -0.340 e. The number of anilines is 2. The van der Waals surface area contributed by atoms with Gasteiger partial charge in [-0.2, -0.15) is 5.10 Å². The molecule has 0 amide bonds. The molecule has 0 saturated carbocycles. The molecule has 0 aliphatic heterocycles. The van der Waals surface area contributed by atoms with E-state index in [0.717, 1.165) is 44.8 Å². The first-order valence-electron chi connectivity index (χ1n) is 8.33. The topological polar surface area (TPSA) is 50.7 Å². The van der Waals surface area contributed by atoms with Crippen molar-refractivity contribution in [1.29, 1.82) is 0 Å². The lowest BCUT2D eigenvalue weighted by Gasteiger charge is -2.10. The van der Waals surface area contributed by atoms with Crippen LogP contribution in [0.25, 0.3) is 22.0 Å². The minimum absolute atomic E-state index is 0.253. The maximum Gasteiger partial charge on any atom is 0.130 e. The third-order valence-corrected chi connectivity index (χ3v) is 4.27. The monoisotopic (exact) mass is 344 g/mol. The first kappa shape index (κ1) is 16.1. The van der Waals surface area contributed by atoms with Crippen LogP contribution in [0, 0.1) is 19.7 Å². The van der Waals surface area contributed by atoms with E-state index in [4.69, 9.17) is 0 Å². The first-order chi connectivity index (χ1) is 12.6. The molecule has 0 atom stereocenters. The van der Waals surface area contributed by atoms with E-state index < -0.39 is 0 Å². The fraction of sp³-hybridized carbons (Fsp3) is 0.0952. The third-order valence-electron chi connectivity index (χ3n) is 4.27. The van der Waals surface area contributed by atoms with Crippen molar-refractivity contribution in [3.05, 3.63) is 77.9 Å². The molecule has 4 nitrogen and oxygen atoms in total. The second kappa shape index (κ2) is 6.52. The predicted molar refractivity (Wildman–Crippen MR) is 102 cm³/mol. The average molecular weight is 344 g/mol. The molecule has 2 aromatic heterocycles. The highest BCUT2D eigenvalue weighted by Gasteiger charge is 2.10. The standard InChI is InChI=1S/C21H17FN4/c1-13-10-16(22)6-8-18(13)21-19-9-7-17(11-15(19)12-23-26-21)25-20-5-3-4-14(2)24-20/h3-12H,1-2H3,(H,24,25). The van der Waals surface area contributed by atoms with Crippen molar-refractivity contribution in [3.63, 3.8) is 0 Å². The van der Waals surface area contributed by atoms with Crippen molar-refractivity contribution < 1.29 is 4.39 Å². The summed E-state index contributed by atoms with van der Waals surface area (Å²) in [6.07, 6.45) is 1.73. The number of halogens is 1. The molecule has 0 saturated heterocycles. The van der Waals surface area contributed by atoms with Crippen LogP contribution in [0.4, 0.5) is 15.9 Å². The summed E-state index contributed by atoms with van der Waals surface area (Å²) < 4.78 is 13.4. The van der Waals surface area contributed by atoms with E-state index in [1.807, 2.05) is 50.2 Å². The quantitative estimate of drug-likeness (QED) is 0.555. The van der Waals surface area contributed by atoms with Gasteiger partial charge in [0.15, 0.2) is 0 Å². The molecule has 0 aliphatic rings. The van der Waals surface area contributed by atoms with Gasteiger partial charge >= 0.3 is 0 Å². The van der Waals surface area contributed by atoms with Crippen molar-refractivity contribution in [3.8, 4) is 11.3 Å². The van der Waals surface area contributed by atoms with Gasteiger partial charge in [-0.1, -0.05) is 6.07 Å². The number of fused-ring (bicyclic) bond motifs is 1. The molecule has 0 fully saturated rings. The zero-order valence-electron chi connectivity index (χ0n) is 14.5. The van der Waals surface area contributed by atoms with Crippen molar-refractivity contribution in [1.82, 2.24) is 15.2 Å². The van der Waals surface area contributed by atoms with Crippen LogP contribution in [0.15, 0.2) is 60.8 Å². The highest BCUT2D eigenvalue weighted by molar-refractivity contribution is 5.96. The molecular formula is C21H17FN4. The Balaban J connectivity index is 1.76. The molecule has 4 rings (SSSR count). The maximum absolute atomic E-state index is 13.4. The van der Waals surface area contributed by atoms with Crippen molar-refractivity contribution in [2.24, 2.45) is 0 Å². The summed E-state index contributed by atoms with van der Waals surface area (Å²) >= 11 is 0. The van der Waals surface area contributed by atoms with Crippen LogP contribution in [0.3, 0.4) is 0 Å². The molecule has 128 valence electrons. The molecule has 0 unspecified atom stereocenters. The summed E-state index contributed by atoms with van der Waals surface area (Å²) in [5.41, 5.74) is 4.34. The fourth-order valence-corrected chi connectivity index (χ4v) is 3.02. The summed E-state index contributed by atoms with van der Waals surface area (Å²) in [4.78, 5) is 4.46. The Morgan fingerprint density at radius 1 is 0.962 bits per heavy atom. The van der Waals surface area contributed by atoms with E-state index in [9.17, 15) is 4.39 Å². The number of aryl methyl sites for hydroxylation is 2. The van der Waals surface area contributed by atoms with E-state index in [0.29, 0.717) is 0 Å². The van der Waals surface area contributed by atoms with Gasteiger partial charge in [0.05, 0.1) is 6.20 Å². The van der Waals surface area contributed by atoms with Gasteiger partial charge in [0, 0.05) is 27.7 Å². The summed E-state index contributed by atoms with van der Waals surface area (Å²) in [5.74, 6) is 0.539. The van der Waals surface area contributed by atoms with E-state index in [2.05, 4.69) is 20.5 Å². The zero-order valence-corrected chi connectivity index (χ0v) is 14.5. The minimum atomic E-state index is -0.253. The molecule has 0 spiro atoms. The molecule has 0 aliphatic carbocycles. The number of benzene rings is 2. The number of hydrogen-bond donors (Lipinski definition) is 1. The van der Waals surface area contributed by atoms with E-state index in [1.54, 1.807) is 12.3 Å². The molecule has 2 aromatic carbocycles. The zero-order chi connectivity index (χ0) is 18.1. The smallest absolute Gasteiger partial charge is 0.130 e. The van der Waals surface area contributed by atoms with Gasteiger partial charge in [-0.05, 0) is 67.9 Å². The van der Waals surface area contributed by atoms with Crippen LogP contribution in [-0.4, -0.2) is 15.2 Å². The van der Waals surface area contributed by atoms with Crippen LogP contribution in [0.5, 0.6) is 0 Å². The highest BCUT2D eigenvalue weighted by atomic mass is 19.1. The molecule has 26 heavy (non-hydrogen) atoms. The number of rotatable bonds is 3. The Kier molecular flexibility index (Phi) is 4.05. The van der Waals surface area contributed by atoms with Gasteiger partial charge in [0.25, 0.3) is 0 Å². The predicted octanol–water partition coefficient (Wildman–Crippen LogP) is 5.19. The Morgan fingerprint density at radius 3 is 2.65 bits per heavy atom. The van der Waals surface area contributed by atoms with Gasteiger partial charge < -0.3 is 5.32 Å². The van der Waals surface area contributed by atoms with E-state index >= 15 is 0 Å². The van der Waals surface area contributed by atoms with E-state index in [1.165, 1.54) is 12.1 Å². The molecule has 4 aromatic rings. The number of pyridine rings is 1. The summed E-state index contributed by atoms with van der Waals surface area (Å²) in [6, 6.07) is 16.5. The maximum atomic E-state index is 13.4. The normalized spacial score (nSPS) is 10.9. The lowest BCUT2D eigenvalue weighted by molar-refractivity contribution is 0.627. The SMILES string of the molecule is Cc1cccc(Nc2ccc3c(-c4ccc(F)cc4C)nncc3c2)n1. The van der Waals surface area contributed by atoms with Crippen LogP contribution < -0.4 is 5.32 Å². The van der Waals surface area contributed by atoms with E-state index in [-0.39, 0.29) is 5.82 Å². The van der Waals surface area contributed by atoms with Crippen molar-refractivity contribution in [2.45, 2.75) is 13.8 Å². The van der Waals surface area contributed by atoms with Gasteiger partial charge in [0.2, 0.25) is 0 Å².